The van der Waals surface area contributed by atoms with Crippen molar-refractivity contribution in [2.45, 2.75) is 59.1 Å². The summed E-state index contributed by atoms with van der Waals surface area (Å²) in [6, 6.07) is 4.76. The summed E-state index contributed by atoms with van der Waals surface area (Å²) in [4.78, 5) is 39.8. The van der Waals surface area contributed by atoms with Gasteiger partial charge in [0, 0.05) is 25.3 Å². The number of hydrogen-bond donors (Lipinski definition) is 2. The van der Waals surface area contributed by atoms with E-state index in [1.807, 2.05) is 13.8 Å². The van der Waals surface area contributed by atoms with Gasteiger partial charge < -0.3 is 15.0 Å². The lowest BCUT2D eigenvalue weighted by Gasteiger charge is -2.09. The Morgan fingerprint density at radius 1 is 1.22 bits per heavy atom. The van der Waals surface area contributed by atoms with E-state index in [9.17, 15) is 14.4 Å². The second kappa shape index (κ2) is 10.1. The van der Waals surface area contributed by atoms with E-state index in [1.165, 1.54) is 4.57 Å². The zero-order valence-corrected chi connectivity index (χ0v) is 16.3. The number of ether oxygens (including phenoxy) is 1. The van der Waals surface area contributed by atoms with E-state index < -0.39 is 5.69 Å². The molecule has 7 nitrogen and oxygen atoms in total. The highest BCUT2D eigenvalue weighted by atomic mass is 16.5. The third kappa shape index (κ3) is 5.79. The highest BCUT2D eigenvalue weighted by molar-refractivity contribution is 5.97. The molecule has 2 N–H and O–H groups in total. The minimum Gasteiger partial charge on any atom is -0.379 e. The van der Waals surface area contributed by atoms with Crippen molar-refractivity contribution in [1.82, 2.24) is 14.9 Å². The van der Waals surface area contributed by atoms with E-state index in [0.717, 1.165) is 25.7 Å². The molecule has 0 spiro atoms. The molecule has 1 aromatic carbocycles. The quantitative estimate of drug-likeness (QED) is 0.624. The molecule has 0 radical (unpaired) electrons. The third-order valence-corrected chi connectivity index (χ3v) is 4.29. The fourth-order valence-corrected chi connectivity index (χ4v) is 2.81. The van der Waals surface area contributed by atoms with Crippen molar-refractivity contribution in [2.75, 3.05) is 13.2 Å². The molecule has 0 unspecified atom stereocenters. The molecule has 0 saturated heterocycles. The number of carbonyl (C=O) groups is 1. The monoisotopic (exact) mass is 375 g/mol. The molecule has 0 aliphatic carbocycles. The molecular formula is C20H29N3O4. The largest absolute Gasteiger partial charge is 0.379 e. The van der Waals surface area contributed by atoms with Crippen molar-refractivity contribution >= 4 is 16.8 Å². The summed E-state index contributed by atoms with van der Waals surface area (Å²) in [6.07, 6.45) is 3.65. The van der Waals surface area contributed by atoms with Gasteiger partial charge in [0.2, 0.25) is 0 Å². The number of carbonyl (C=O) groups excluding carboxylic acids is 1. The maximum Gasteiger partial charge on any atom is 0.328 e. The van der Waals surface area contributed by atoms with Crippen LogP contribution in [0, 0.1) is 0 Å². The summed E-state index contributed by atoms with van der Waals surface area (Å²) in [5, 5.41) is 3.23. The maximum absolute atomic E-state index is 12.6. The van der Waals surface area contributed by atoms with E-state index in [4.69, 9.17) is 4.74 Å². The predicted molar refractivity (Wildman–Crippen MR) is 106 cm³/mol. The first-order chi connectivity index (χ1) is 12.9. The number of hydrogen-bond acceptors (Lipinski definition) is 4. The third-order valence-electron chi connectivity index (χ3n) is 4.29. The van der Waals surface area contributed by atoms with Crippen LogP contribution in [0.15, 0.2) is 27.8 Å². The molecule has 0 saturated carbocycles. The van der Waals surface area contributed by atoms with Gasteiger partial charge in [0.15, 0.2) is 0 Å². The number of nitrogens with zero attached hydrogens (tertiary/aromatic N) is 1. The number of amides is 1. The van der Waals surface area contributed by atoms with Crippen LogP contribution in [0.2, 0.25) is 0 Å². The molecule has 0 aliphatic rings. The Hall–Kier alpha value is -2.41. The Morgan fingerprint density at radius 2 is 2.00 bits per heavy atom. The van der Waals surface area contributed by atoms with Gasteiger partial charge in [-0.25, -0.2) is 4.79 Å². The zero-order valence-electron chi connectivity index (χ0n) is 16.3. The summed E-state index contributed by atoms with van der Waals surface area (Å²) < 4.78 is 6.66. The lowest BCUT2D eigenvalue weighted by Crippen LogP contribution is -2.35. The van der Waals surface area contributed by atoms with Crippen LogP contribution >= 0.6 is 0 Å². The number of H-pyrrole nitrogens is 1. The second-order valence-electron chi connectivity index (χ2n) is 6.88. The van der Waals surface area contributed by atoms with Crippen molar-refractivity contribution < 1.29 is 9.53 Å². The van der Waals surface area contributed by atoms with Crippen LogP contribution in [-0.4, -0.2) is 34.7 Å². The Kier molecular flexibility index (Phi) is 7.79. The van der Waals surface area contributed by atoms with Gasteiger partial charge in [0.25, 0.3) is 11.5 Å². The summed E-state index contributed by atoms with van der Waals surface area (Å²) >= 11 is 0. The standard InChI is InChI=1S/C20H29N3O4/c1-4-5-6-11-23-19(25)16-9-8-15(13-17(16)22-20(23)26)18(24)21-10-7-12-27-14(2)3/h8-9,13-14H,4-7,10-12H2,1-3H3,(H,21,24)(H,22,26). The lowest BCUT2D eigenvalue weighted by molar-refractivity contribution is 0.0757. The molecule has 2 rings (SSSR count). The van der Waals surface area contributed by atoms with Crippen LogP contribution in [0.5, 0.6) is 0 Å². The normalized spacial score (nSPS) is 11.3. The molecule has 27 heavy (non-hydrogen) atoms. The fourth-order valence-electron chi connectivity index (χ4n) is 2.81. The lowest BCUT2D eigenvalue weighted by atomic mass is 10.1. The highest BCUT2D eigenvalue weighted by Crippen LogP contribution is 2.09. The smallest absolute Gasteiger partial charge is 0.328 e. The summed E-state index contributed by atoms with van der Waals surface area (Å²) in [7, 11) is 0. The van der Waals surface area contributed by atoms with Gasteiger partial charge in [-0.3, -0.25) is 14.2 Å². The molecule has 1 aromatic heterocycles. The van der Waals surface area contributed by atoms with Crippen molar-refractivity contribution in [1.29, 1.82) is 0 Å². The van der Waals surface area contributed by atoms with Crippen LogP contribution in [0.1, 0.15) is 56.8 Å². The number of nitrogens with one attached hydrogen (secondary N) is 2. The average molecular weight is 375 g/mol. The molecule has 0 bridgehead atoms. The van der Waals surface area contributed by atoms with E-state index in [2.05, 4.69) is 17.2 Å². The number of aromatic nitrogens is 2. The van der Waals surface area contributed by atoms with Gasteiger partial charge in [0.05, 0.1) is 17.0 Å². The van der Waals surface area contributed by atoms with Crippen LogP contribution < -0.4 is 16.6 Å². The van der Waals surface area contributed by atoms with E-state index in [-0.39, 0.29) is 17.6 Å². The van der Waals surface area contributed by atoms with E-state index in [0.29, 0.717) is 36.2 Å². The fraction of sp³-hybridized carbons (Fsp3) is 0.550. The Labute approximate surface area is 158 Å². The number of unbranched alkanes of at least 4 members (excludes halogenated alkanes) is 2. The summed E-state index contributed by atoms with van der Waals surface area (Å²) in [5.41, 5.74) is 0.0354. The Balaban J connectivity index is 2.10. The first-order valence-corrected chi connectivity index (χ1v) is 9.60. The molecule has 148 valence electrons. The number of benzene rings is 1. The van der Waals surface area contributed by atoms with Crippen LogP contribution in [0.3, 0.4) is 0 Å². The average Bonchev–Trinajstić information content (AvgIpc) is 2.63. The maximum atomic E-state index is 12.6. The molecule has 7 heteroatoms. The van der Waals surface area contributed by atoms with Crippen molar-refractivity contribution in [3.63, 3.8) is 0 Å². The zero-order chi connectivity index (χ0) is 19.8. The second-order valence-corrected chi connectivity index (χ2v) is 6.88. The van der Waals surface area contributed by atoms with Crippen molar-refractivity contribution in [2.24, 2.45) is 0 Å². The number of aromatic amines is 1. The molecule has 0 atom stereocenters. The van der Waals surface area contributed by atoms with Crippen molar-refractivity contribution in [3.05, 3.63) is 44.6 Å². The Bertz CT molecular complexity index is 883. The van der Waals surface area contributed by atoms with Crippen molar-refractivity contribution in [3.8, 4) is 0 Å². The molecule has 2 aromatic rings. The Morgan fingerprint density at radius 3 is 2.70 bits per heavy atom. The van der Waals surface area contributed by atoms with E-state index in [1.54, 1.807) is 18.2 Å². The summed E-state index contributed by atoms with van der Waals surface area (Å²) in [6.45, 7) is 7.48. The number of fused-ring (bicyclic) bond motifs is 1. The first-order valence-electron chi connectivity index (χ1n) is 9.60. The molecular weight excluding hydrogens is 346 g/mol. The van der Waals surface area contributed by atoms with Gasteiger partial charge in [-0.05, 0) is 44.9 Å². The van der Waals surface area contributed by atoms with Gasteiger partial charge in [-0.15, -0.1) is 0 Å². The van der Waals surface area contributed by atoms with Crippen LogP contribution in [-0.2, 0) is 11.3 Å². The minimum absolute atomic E-state index is 0.170. The van der Waals surface area contributed by atoms with Gasteiger partial charge in [-0.2, -0.15) is 0 Å². The molecule has 0 aliphatic heterocycles. The van der Waals surface area contributed by atoms with E-state index >= 15 is 0 Å². The van der Waals surface area contributed by atoms with Crippen LogP contribution in [0.25, 0.3) is 10.9 Å². The van der Waals surface area contributed by atoms with Crippen LogP contribution in [0.4, 0.5) is 0 Å². The predicted octanol–water partition coefficient (Wildman–Crippen LogP) is 2.42. The topological polar surface area (TPSA) is 93.2 Å². The first kappa shape index (κ1) is 20.9. The van der Waals surface area contributed by atoms with Gasteiger partial charge in [0.1, 0.15) is 0 Å². The van der Waals surface area contributed by atoms with Gasteiger partial charge in [-0.1, -0.05) is 19.8 Å². The highest BCUT2D eigenvalue weighted by Gasteiger charge is 2.11. The SMILES string of the molecule is CCCCCn1c(=O)[nH]c2cc(C(=O)NCCCOC(C)C)ccc2c1=O. The minimum atomic E-state index is -0.438. The molecule has 1 heterocycles. The molecule has 1 amide bonds. The van der Waals surface area contributed by atoms with Gasteiger partial charge >= 0.3 is 5.69 Å². The number of rotatable bonds is 10. The molecule has 0 fully saturated rings. The summed E-state index contributed by atoms with van der Waals surface area (Å²) in [5.74, 6) is -0.241.